The smallest absolute Gasteiger partial charge is 0.181 e. The molecule has 5 heteroatoms. The summed E-state index contributed by atoms with van der Waals surface area (Å²) in [5.74, 6) is 2.11. The topological polar surface area (TPSA) is 50.9 Å². The second kappa shape index (κ2) is 4.82. The zero-order valence-corrected chi connectivity index (χ0v) is 11.5. The molecule has 0 aliphatic carbocycles. The summed E-state index contributed by atoms with van der Waals surface area (Å²) in [5, 5.41) is 13.7. The maximum absolute atomic E-state index is 9.21. The molecule has 0 fully saturated rings. The van der Waals surface area contributed by atoms with E-state index in [1.54, 1.807) is 0 Å². The molecule has 0 amide bonds. The lowest BCUT2D eigenvalue weighted by Gasteiger charge is -2.19. The standard InChI is InChI=1S/C13H14BrN3O/c14-11-3-1-2-10(6-11)13-15-12-5-4-9(8-18)7-17(12)16-13/h1-3,6,9,18H,4-5,7-8H2. The summed E-state index contributed by atoms with van der Waals surface area (Å²) >= 11 is 3.46. The summed E-state index contributed by atoms with van der Waals surface area (Å²) in [7, 11) is 0. The second-order valence-electron chi connectivity index (χ2n) is 4.63. The molecule has 2 aromatic rings. The highest BCUT2D eigenvalue weighted by atomic mass is 79.9. The van der Waals surface area contributed by atoms with Crippen LogP contribution in [-0.2, 0) is 13.0 Å². The molecule has 18 heavy (non-hydrogen) atoms. The van der Waals surface area contributed by atoms with E-state index in [1.165, 1.54) is 0 Å². The molecule has 0 spiro atoms. The van der Waals surface area contributed by atoms with Crippen LogP contribution >= 0.6 is 15.9 Å². The van der Waals surface area contributed by atoms with Gasteiger partial charge in [-0.15, -0.1) is 0 Å². The number of hydrogen-bond donors (Lipinski definition) is 1. The van der Waals surface area contributed by atoms with E-state index in [1.807, 2.05) is 28.9 Å². The molecule has 1 N–H and O–H groups in total. The van der Waals surface area contributed by atoms with Gasteiger partial charge in [0.25, 0.3) is 0 Å². The fraction of sp³-hybridized carbons (Fsp3) is 0.385. The number of fused-ring (bicyclic) bond motifs is 1. The van der Waals surface area contributed by atoms with Crippen LogP contribution < -0.4 is 0 Å². The van der Waals surface area contributed by atoms with Crippen LogP contribution in [0.25, 0.3) is 11.4 Å². The molecule has 1 aromatic carbocycles. The molecule has 0 saturated heterocycles. The molecule has 1 unspecified atom stereocenters. The molecule has 0 bridgehead atoms. The van der Waals surface area contributed by atoms with Crippen molar-refractivity contribution in [2.75, 3.05) is 6.61 Å². The Morgan fingerprint density at radius 1 is 1.44 bits per heavy atom. The number of nitrogens with zero attached hydrogens (tertiary/aromatic N) is 3. The zero-order chi connectivity index (χ0) is 12.5. The van der Waals surface area contributed by atoms with E-state index in [0.29, 0.717) is 5.92 Å². The third-order valence-corrected chi connectivity index (χ3v) is 3.79. The molecular weight excluding hydrogens is 294 g/mol. The van der Waals surface area contributed by atoms with Gasteiger partial charge < -0.3 is 5.11 Å². The van der Waals surface area contributed by atoms with Crippen molar-refractivity contribution in [2.45, 2.75) is 19.4 Å². The summed E-state index contributed by atoms with van der Waals surface area (Å²) in [6.45, 7) is 0.998. The average molecular weight is 308 g/mol. The molecule has 3 rings (SSSR count). The zero-order valence-electron chi connectivity index (χ0n) is 9.88. The van der Waals surface area contributed by atoms with Crippen LogP contribution in [0, 0.1) is 5.92 Å². The minimum atomic E-state index is 0.228. The number of rotatable bonds is 2. The van der Waals surface area contributed by atoms with Gasteiger partial charge in [-0.1, -0.05) is 28.1 Å². The second-order valence-corrected chi connectivity index (χ2v) is 5.55. The van der Waals surface area contributed by atoms with Crippen molar-refractivity contribution < 1.29 is 5.11 Å². The number of aliphatic hydroxyl groups excluding tert-OH is 1. The van der Waals surface area contributed by atoms with Crippen LogP contribution in [0.1, 0.15) is 12.2 Å². The molecular formula is C13H14BrN3O. The summed E-state index contributed by atoms with van der Waals surface area (Å²) < 4.78 is 2.96. The van der Waals surface area contributed by atoms with Crippen molar-refractivity contribution in [2.24, 2.45) is 5.92 Å². The normalized spacial score (nSPS) is 18.7. The van der Waals surface area contributed by atoms with Gasteiger partial charge in [-0.05, 0) is 18.6 Å². The monoisotopic (exact) mass is 307 g/mol. The molecule has 1 aromatic heterocycles. The maximum atomic E-state index is 9.21. The maximum Gasteiger partial charge on any atom is 0.181 e. The van der Waals surface area contributed by atoms with E-state index in [9.17, 15) is 5.11 Å². The van der Waals surface area contributed by atoms with Gasteiger partial charge in [-0.2, -0.15) is 5.10 Å². The summed E-state index contributed by atoms with van der Waals surface area (Å²) in [6.07, 6.45) is 1.89. The van der Waals surface area contributed by atoms with Crippen molar-refractivity contribution in [1.82, 2.24) is 14.8 Å². The van der Waals surface area contributed by atoms with Gasteiger partial charge in [0, 0.05) is 35.5 Å². The number of hydrogen-bond acceptors (Lipinski definition) is 3. The van der Waals surface area contributed by atoms with Crippen LogP contribution in [0.5, 0.6) is 0 Å². The van der Waals surface area contributed by atoms with Gasteiger partial charge in [0.1, 0.15) is 5.82 Å². The van der Waals surface area contributed by atoms with E-state index in [-0.39, 0.29) is 6.61 Å². The highest BCUT2D eigenvalue weighted by Crippen LogP contribution is 2.24. The summed E-state index contributed by atoms with van der Waals surface area (Å²) in [6, 6.07) is 8.00. The lowest BCUT2D eigenvalue weighted by molar-refractivity contribution is 0.185. The first-order chi connectivity index (χ1) is 8.76. The molecule has 2 heterocycles. The van der Waals surface area contributed by atoms with E-state index < -0.39 is 0 Å². The van der Waals surface area contributed by atoms with Crippen molar-refractivity contribution in [1.29, 1.82) is 0 Å². The summed E-state index contributed by atoms with van der Waals surface area (Å²) in [5.41, 5.74) is 1.02. The first-order valence-corrected chi connectivity index (χ1v) is 6.86. The number of aromatic nitrogens is 3. The van der Waals surface area contributed by atoms with Crippen molar-refractivity contribution in [3.8, 4) is 11.4 Å². The minimum Gasteiger partial charge on any atom is -0.396 e. The van der Waals surface area contributed by atoms with Crippen LogP contribution in [0.3, 0.4) is 0 Å². The average Bonchev–Trinajstić information content (AvgIpc) is 2.81. The Balaban J connectivity index is 1.94. The Hall–Kier alpha value is -1.20. The van der Waals surface area contributed by atoms with Crippen molar-refractivity contribution in [3.63, 3.8) is 0 Å². The predicted molar refractivity (Wildman–Crippen MR) is 72.1 cm³/mol. The number of aliphatic hydroxyl groups is 1. The third-order valence-electron chi connectivity index (χ3n) is 3.30. The van der Waals surface area contributed by atoms with Gasteiger partial charge in [0.05, 0.1) is 0 Å². The highest BCUT2D eigenvalue weighted by Gasteiger charge is 2.21. The molecule has 4 nitrogen and oxygen atoms in total. The van der Waals surface area contributed by atoms with E-state index in [0.717, 1.165) is 41.1 Å². The largest absolute Gasteiger partial charge is 0.396 e. The number of halogens is 1. The Kier molecular flexibility index (Phi) is 3.18. The number of aryl methyl sites for hydroxylation is 1. The predicted octanol–water partition coefficient (Wildman–Crippen LogP) is 2.26. The fourth-order valence-corrected chi connectivity index (χ4v) is 2.67. The van der Waals surface area contributed by atoms with Gasteiger partial charge in [-0.25, -0.2) is 9.67 Å². The van der Waals surface area contributed by atoms with E-state index in [4.69, 9.17) is 0 Å². The Labute approximate surface area is 114 Å². The Bertz CT molecular complexity index is 567. The lowest BCUT2D eigenvalue weighted by Crippen LogP contribution is -2.23. The van der Waals surface area contributed by atoms with Crippen LogP contribution in [0.4, 0.5) is 0 Å². The van der Waals surface area contributed by atoms with E-state index >= 15 is 0 Å². The van der Waals surface area contributed by atoms with Crippen molar-refractivity contribution in [3.05, 3.63) is 34.6 Å². The lowest BCUT2D eigenvalue weighted by atomic mass is 10.0. The van der Waals surface area contributed by atoms with Crippen LogP contribution in [0.15, 0.2) is 28.7 Å². The molecule has 0 saturated carbocycles. The first-order valence-electron chi connectivity index (χ1n) is 6.07. The van der Waals surface area contributed by atoms with Gasteiger partial charge in [0.2, 0.25) is 0 Å². The SMILES string of the molecule is OCC1CCc2nc(-c3cccc(Br)c3)nn2C1. The van der Waals surface area contributed by atoms with Gasteiger partial charge >= 0.3 is 0 Å². The number of benzene rings is 1. The van der Waals surface area contributed by atoms with Gasteiger partial charge in [-0.3, -0.25) is 0 Å². The Morgan fingerprint density at radius 3 is 3.11 bits per heavy atom. The molecule has 0 radical (unpaired) electrons. The van der Waals surface area contributed by atoms with Crippen molar-refractivity contribution >= 4 is 15.9 Å². The molecule has 1 atom stereocenters. The first kappa shape index (κ1) is 11.9. The summed E-state index contributed by atoms with van der Waals surface area (Å²) in [4.78, 5) is 4.58. The molecule has 94 valence electrons. The van der Waals surface area contributed by atoms with E-state index in [2.05, 4.69) is 26.0 Å². The fourth-order valence-electron chi connectivity index (χ4n) is 2.27. The molecule has 1 aliphatic rings. The van der Waals surface area contributed by atoms with Gasteiger partial charge in [0.15, 0.2) is 5.82 Å². The quantitative estimate of drug-likeness (QED) is 0.926. The van der Waals surface area contributed by atoms with Crippen LogP contribution in [0.2, 0.25) is 0 Å². The Morgan fingerprint density at radius 2 is 2.33 bits per heavy atom. The highest BCUT2D eigenvalue weighted by molar-refractivity contribution is 9.10. The third kappa shape index (κ3) is 2.20. The molecule has 1 aliphatic heterocycles. The van der Waals surface area contributed by atoms with Crippen LogP contribution in [-0.4, -0.2) is 26.5 Å². The minimum absolute atomic E-state index is 0.228.